The Morgan fingerprint density at radius 1 is 1.14 bits per heavy atom. The number of aryl methyl sites for hydroxylation is 1. The SMILES string of the molecule is COc1ccc(CN2CCN(CCCc3ccccc3)CC2CCO)c(F)c1. The van der Waals surface area contributed by atoms with Crippen molar-refractivity contribution in [2.75, 3.05) is 39.9 Å². The summed E-state index contributed by atoms with van der Waals surface area (Å²) in [7, 11) is 1.54. The number of rotatable bonds is 9. The fraction of sp³-hybridized carbons (Fsp3) is 0.478. The highest BCUT2D eigenvalue weighted by Crippen LogP contribution is 2.21. The van der Waals surface area contributed by atoms with Gasteiger partial charge in [-0.15, -0.1) is 0 Å². The van der Waals surface area contributed by atoms with E-state index in [0.29, 0.717) is 24.3 Å². The Labute approximate surface area is 167 Å². The van der Waals surface area contributed by atoms with Gasteiger partial charge in [-0.1, -0.05) is 36.4 Å². The first-order chi connectivity index (χ1) is 13.7. The molecule has 28 heavy (non-hydrogen) atoms. The second kappa shape index (κ2) is 10.6. The van der Waals surface area contributed by atoms with E-state index in [1.165, 1.54) is 11.6 Å². The molecule has 2 aromatic carbocycles. The molecule has 152 valence electrons. The van der Waals surface area contributed by atoms with Crippen LogP contribution in [0.2, 0.25) is 0 Å². The van der Waals surface area contributed by atoms with Crippen LogP contribution in [0.1, 0.15) is 24.0 Å². The highest BCUT2D eigenvalue weighted by molar-refractivity contribution is 5.29. The summed E-state index contributed by atoms with van der Waals surface area (Å²) in [6, 6.07) is 15.9. The van der Waals surface area contributed by atoms with Crippen molar-refractivity contribution in [3.05, 3.63) is 65.5 Å². The highest BCUT2D eigenvalue weighted by atomic mass is 19.1. The average Bonchev–Trinajstić information content (AvgIpc) is 2.72. The van der Waals surface area contributed by atoms with Gasteiger partial charge in [0, 0.05) is 50.5 Å². The molecule has 0 amide bonds. The van der Waals surface area contributed by atoms with Crippen LogP contribution in [0.3, 0.4) is 0 Å². The van der Waals surface area contributed by atoms with Crippen molar-refractivity contribution in [1.29, 1.82) is 0 Å². The minimum atomic E-state index is -0.229. The van der Waals surface area contributed by atoms with Crippen LogP contribution in [0, 0.1) is 5.82 Å². The molecule has 3 rings (SSSR count). The van der Waals surface area contributed by atoms with E-state index in [0.717, 1.165) is 39.0 Å². The van der Waals surface area contributed by atoms with Crippen molar-refractivity contribution in [2.45, 2.75) is 31.8 Å². The topological polar surface area (TPSA) is 35.9 Å². The van der Waals surface area contributed by atoms with Gasteiger partial charge in [0.15, 0.2) is 0 Å². The van der Waals surface area contributed by atoms with Crippen molar-refractivity contribution in [1.82, 2.24) is 9.80 Å². The van der Waals surface area contributed by atoms with Crippen LogP contribution in [0.25, 0.3) is 0 Å². The number of methoxy groups -OCH3 is 1. The van der Waals surface area contributed by atoms with Gasteiger partial charge in [-0.2, -0.15) is 0 Å². The predicted octanol–water partition coefficient (Wildman–Crippen LogP) is 3.34. The predicted molar refractivity (Wildman–Crippen MR) is 110 cm³/mol. The first-order valence-electron chi connectivity index (χ1n) is 10.1. The number of ether oxygens (including phenoxy) is 1. The number of piperazine rings is 1. The molecular formula is C23H31FN2O2. The Morgan fingerprint density at radius 3 is 2.68 bits per heavy atom. The van der Waals surface area contributed by atoms with E-state index in [9.17, 15) is 9.50 Å². The lowest BCUT2D eigenvalue weighted by Crippen LogP contribution is -2.53. The Balaban J connectivity index is 1.53. The monoisotopic (exact) mass is 386 g/mol. The maximum atomic E-state index is 14.3. The second-order valence-electron chi connectivity index (χ2n) is 7.48. The van der Waals surface area contributed by atoms with Crippen molar-refractivity contribution >= 4 is 0 Å². The van der Waals surface area contributed by atoms with Crippen LogP contribution >= 0.6 is 0 Å². The zero-order valence-electron chi connectivity index (χ0n) is 16.7. The van der Waals surface area contributed by atoms with Crippen molar-refractivity contribution < 1.29 is 14.2 Å². The maximum Gasteiger partial charge on any atom is 0.131 e. The van der Waals surface area contributed by atoms with Gasteiger partial charge in [0.05, 0.1) is 7.11 Å². The molecule has 1 fully saturated rings. The molecule has 5 heteroatoms. The molecule has 2 aromatic rings. The van der Waals surface area contributed by atoms with Crippen LogP contribution in [0.4, 0.5) is 4.39 Å². The standard InChI is InChI=1S/C23H31FN2O2/c1-28-22-10-9-20(23(24)16-22)17-26-14-13-25(18-21(26)11-15-27)12-5-8-19-6-3-2-4-7-19/h2-4,6-7,9-10,16,21,27H,5,8,11-15,17-18H2,1H3. The summed E-state index contributed by atoms with van der Waals surface area (Å²) in [5.41, 5.74) is 2.06. The fourth-order valence-corrected chi connectivity index (χ4v) is 3.94. The van der Waals surface area contributed by atoms with Gasteiger partial charge < -0.3 is 14.7 Å². The van der Waals surface area contributed by atoms with E-state index in [1.54, 1.807) is 19.2 Å². The summed E-state index contributed by atoms with van der Waals surface area (Å²) < 4.78 is 19.4. The Bertz CT molecular complexity index is 726. The lowest BCUT2D eigenvalue weighted by atomic mass is 10.1. The average molecular weight is 387 g/mol. The summed E-state index contributed by atoms with van der Waals surface area (Å²) in [5.74, 6) is 0.309. The molecule has 1 atom stereocenters. The number of hydrogen-bond donors (Lipinski definition) is 1. The van der Waals surface area contributed by atoms with Crippen LogP contribution in [-0.4, -0.2) is 60.8 Å². The fourth-order valence-electron chi connectivity index (χ4n) is 3.94. The molecule has 0 bridgehead atoms. The van der Waals surface area contributed by atoms with Crippen LogP contribution in [-0.2, 0) is 13.0 Å². The van der Waals surface area contributed by atoms with Crippen molar-refractivity contribution in [2.24, 2.45) is 0 Å². The number of aliphatic hydroxyl groups excluding tert-OH is 1. The molecule has 1 aliphatic heterocycles. The van der Waals surface area contributed by atoms with Gasteiger partial charge in [0.1, 0.15) is 11.6 Å². The van der Waals surface area contributed by atoms with Gasteiger partial charge in [0.25, 0.3) is 0 Å². The van der Waals surface area contributed by atoms with E-state index in [2.05, 4.69) is 34.1 Å². The quantitative estimate of drug-likeness (QED) is 0.717. The van der Waals surface area contributed by atoms with Crippen molar-refractivity contribution in [3.63, 3.8) is 0 Å². The molecule has 1 saturated heterocycles. The number of aliphatic hydroxyl groups is 1. The second-order valence-corrected chi connectivity index (χ2v) is 7.48. The van der Waals surface area contributed by atoms with Gasteiger partial charge in [-0.3, -0.25) is 4.90 Å². The first kappa shape index (κ1) is 20.8. The third kappa shape index (κ3) is 5.77. The van der Waals surface area contributed by atoms with E-state index >= 15 is 0 Å². The summed E-state index contributed by atoms with van der Waals surface area (Å²) in [6.07, 6.45) is 2.93. The molecule has 1 unspecified atom stereocenters. The summed E-state index contributed by atoms with van der Waals surface area (Å²) in [5, 5.41) is 9.50. The van der Waals surface area contributed by atoms with Gasteiger partial charge >= 0.3 is 0 Å². The lowest BCUT2D eigenvalue weighted by Gasteiger charge is -2.41. The number of benzene rings is 2. The van der Waals surface area contributed by atoms with E-state index in [4.69, 9.17) is 4.74 Å². The third-order valence-electron chi connectivity index (χ3n) is 5.57. The van der Waals surface area contributed by atoms with Crippen LogP contribution < -0.4 is 4.74 Å². The minimum Gasteiger partial charge on any atom is -0.497 e. The molecule has 1 aliphatic rings. The van der Waals surface area contributed by atoms with E-state index in [-0.39, 0.29) is 18.5 Å². The molecule has 0 aliphatic carbocycles. The Hall–Kier alpha value is -1.95. The molecule has 0 saturated carbocycles. The number of hydrogen-bond acceptors (Lipinski definition) is 4. The lowest BCUT2D eigenvalue weighted by molar-refractivity contribution is 0.0526. The van der Waals surface area contributed by atoms with Crippen LogP contribution in [0.15, 0.2) is 48.5 Å². The van der Waals surface area contributed by atoms with Crippen LogP contribution in [0.5, 0.6) is 5.75 Å². The van der Waals surface area contributed by atoms with Gasteiger partial charge in [0.2, 0.25) is 0 Å². The maximum absolute atomic E-state index is 14.3. The zero-order valence-corrected chi connectivity index (χ0v) is 16.7. The molecule has 1 N–H and O–H groups in total. The molecular weight excluding hydrogens is 355 g/mol. The van der Waals surface area contributed by atoms with Gasteiger partial charge in [-0.25, -0.2) is 4.39 Å². The summed E-state index contributed by atoms with van der Waals surface area (Å²) >= 11 is 0. The number of nitrogens with zero attached hydrogens (tertiary/aromatic N) is 2. The van der Waals surface area contributed by atoms with Crippen molar-refractivity contribution in [3.8, 4) is 5.75 Å². The molecule has 0 radical (unpaired) electrons. The zero-order chi connectivity index (χ0) is 19.8. The molecule has 0 aromatic heterocycles. The third-order valence-corrected chi connectivity index (χ3v) is 5.57. The Kier molecular flexibility index (Phi) is 7.83. The Morgan fingerprint density at radius 2 is 1.96 bits per heavy atom. The minimum absolute atomic E-state index is 0.157. The number of halogens is 1. The van der Waals surface area contributed by atoms with Gasteiger partial charge in [-0.05, 0) is 37.4 Å². The first-order valence-corrected chi connectivity index (χ1v) is 10.1. The smallest absolute Gasteiger partial charge is 0.131 e. The van der Waals surface area contributed by atoms with E-state index < -0.39 is 0 Å². The highest BCUT2D eigenvalue weighted by Gasteiger charge is 2.27. The summed E-state index contributed by atoms with van der Waals surface area (Å²) in [4.78, 5) is 4.78. The normalized spacial score (nSPS) is 18.3. The largest absolute Gasteiger partial charge is 0.497 e. The molecule has 4 nitrogen and oxygen atoms in total. The molecule has 0 spiro atoms. The van der Waals surface area contributed by atoms with E-state index in [1.807, 2.05) is 6.07 Å². The summed E-state index contributed by atoms with van der Waals surface area (Å²) in [6.45, 7) is 4.58. The molecule has 1 heterocycles.